The summed E-state index contributed by atoms with van der Waals surface area (Å²) in [6.07, 6.45) is 5.38. The van der Waals surface area contributed by atoms with E-state index in [9.17, 15) is 9.59 Å². The monoisotopic (exact) mass is 491 g/mol. The van der Waals surface area contributed by atoms with Gasteiger partial charge >= 0.3 is 0 Å². The van der Waals surface area contributed by atoms with Crippen LogP contribution in [0.15, 0.2) is 36.4 Å². The van der Waals surface area contributed by atoms with E-state index in [1.54, 1.807) is 24.3 Å². The summed E-state index contributed by atoms with van der Waals surface area (Å²) in [6.45, 7) is 2.60. The standard InChI is InChI=1S/C25H28Cl2FN3O2/c1-2-31-23(24(29)33)20(17-7-6-8-18(27)22(17)28)21(25(31)11-4-3-5-12-25)16-10-9-15(26)13-19(16)30-14-32/h6-10,13-14,20-21,23H,2-5,11-12H2,1H3,(H2,29,33)(H,30,32)/t20-,21?,23?/m1/s1. The van der Waals surface area contributed by atoms with Crippen LogP contribution in [0.2, 0.25) is 10.0 Å². The Hall–Kier alpha value is -2.15. The van der Waals surface area contributed by atoms with Gasteiger partial charge in [0.2, 0.25) is 12.3 Å². The van der Waals surface area contributed by atoms with Gasteiger partial charge in [-0.25, -0.2) is 4.39 Å². The maximum absolute atomic E-state index is 15.5. The summed E-state index contributed by atoms with van der Waals surface area (Å²) < 4.78 is 15.5. The molecule has 33 heavy (non-hydrogen) atoms. The number of primary amides is 1. The number of nitrogens with two attached hydrogens (primary N) is 1. The zero-order valence-corrected chi connectivity index (χ0v) is 20.0. The highest BCUT2D eigenvalue weighted by molar-refractivity contribution is 6.31. The van der Waals surface area contributed by atoms with E-state index in [2.05, 4.69) is 10.2 Å². The molecule has 1 saturated heterocycles. The number of nitrogens with zero attached hydrogens (tertiary/aromatic N) is 1. The molecule has 1 heterocycles. The van der Waals surface area contributed by atoms with Crippen molar-refractivity contribution in [2.24, 2.45) is 5.73 Å². The van der Waals surface area contributed by atoms with Crippen molar-refractivity contribution in [1.29, 1.82) is 0 Å². The second-order valence-electron chi connectivity index (χ2n) is 8.94. The zero-order chi connectivity index (χ0) is 23.8. The van der Waals surface area contributed by atoms with Crippen LogP contribution in [-0.4, -0.2) is 35.3 Å². The van der Waals surface area contributed by atoms with Crippen LogP contribution >= 0.6 is 23.2 Å². The third-order valence-electron chi connectivity index (χ3n) is 7.44. The Morgan fingerprint density at radius 1 is 1.21 bits per heavy atom. The van der Waals surface area contributed by atoms with E-state index in [4.69, 9.17) is 28.9 Å². The van der Waals surface area contributed by atoms with Crippen molar-refractivity contribution in [3.63, 3.8) is 0 Å². The molecule has 8 heteroatoms. The minimum absolute atomic E-state index is 0.00413. The first-order valence-electron chi connectivity index (χ1n) is 11.3. The lowest BCUT2D eigenvalue weighted by Crippen LogP contribution is -2.53. The van der Waals surface area contributed by atoms with Gasteiger partial charge < -0.3 is 11.1 Å². The summed E-state index contributed by atoms with van der Waals surface area (Å²) in [5.41, 5.74) is 7.33. The fourth-order valence-corrected chi connectivity index (χ4v) is 6.72. The first-order valence-corrected chi connectivity index (χ1v) is 12.1. The molecule has 5 nitrogen and oxygen atoms in total. The lowest BCUT2D eigenvalue weighted by molar-refractivity contribution is -0.124. The molecule has 1 aliphatic heterocycles. The molecule has 2 fully saturated rings. The van der Waals surface area contributed by atoms with Crippen LogP contribution in [0, 0.1) is 5.82 Å². The maximum Gasteiger partial charge on any atom is 0.235 e. The van der Waals surface area contributed by atoms with Crippen LogP contribution in [0.1, 0.15) is 62.0 Å². The van der Waals surface area contributed by atoms with Gasteiger partial charge in [-0.3, -0.25) is 14.5 Å². The normalized spacial score (nSPS) is 24.7. The number of likely N-dealkylation sites (N-methyl/N-ethyl adjacent to an activating group) is 1. The van der Waals surface area contributed by atoms with E-state index in [1.165, 1.54) is 6.07 Å². The number of carbonyl (C=O) groups excluding carboxylic acids is 2. The average molecular weight is 492 g/mol. The summed E-state index contributed by atoms with van der Waals surface area (Å²) in [4.78, 5) is 26.6. The third-order valence-corrected chi connectivity index (χ3v) is 7.97. The fraction of sp³-hybridized carbons (Fsp3) is 0.440. The molecule has 0 aromatic heterocycles. The number of hydrogen-bond acceptors (Lipinski definition) is 3. The Bertz CT molecular complexity index is 1060. The molecule has 2 amide bonds. The molecule has 3 N–H and O–H groups in total. The zero-order valence-electron chi connectivity index (χ0n) is 18.5. The highest BCUT2D eigenvalue weighted by atomic mass is 35.5. The molecular weight excluding hydrogens is 464 g/mol. The van der Waals surface area contributed by atoms with Gasteiger partial charge in [-0.1, -0.05) is 67.6 Å². The van der Waals surface area contributed by atoms with E-state index in [0.717, 1.165) is 37.7 Å². The van der Waals surface area contributed by atoms with Crippen molar-refractivity contribution in [3.8, 4) is 0 Å². The van der Waals surface area contributed by atoms with Crippen molar-refractivity contribution in [1.82, 2.24) is 4.90 Å². The van der Waals surface area contributed by atoms with E-state index >= 15 is 4.39 Å². The molecule has 2 aliphatic rings. The molecule has 4 rings (SSSR count). The largest absolute Gasteiger partial charge is 0.368 e. The van der Waals surface area contributed by atoms with Crippen molar-refractivity contribution >= 4 is 41.2 Å². The van der Waals surface area contributed by atoms with Crippen molar-refractivity contribution in [2.45, 2.75) is 62.4 Å². The van der Waals surface area contributed by atoms with Crippen molar-refractivity contribution in [3.05, 3.63) is 63.4 Å². The predicted molar refractivity (Wildman–Crippen MR) is 129 cm³/mol. The lowest BCUT2D eigenvalue weighted by Gasteiger charge is -2.46. The van der Waals surface area contributed by atoms with Gasteiger partial charge in [-0.05, 0) is 48.7 Å². The molecule has 0 bridgehead atoms. The molecule has 3 atom stereocenters. The Morgan fingerprint density at radius 2 is 1.94 bits per heavy atom. The van der Waals surface area contributed by atoms with Gasteiger partial charge in [0.25, 0.3) is 0 Å². The SMILES string of the molecule is CCN1C(C(N)=O)[C@H](c2cccc(Cl)c2F)C(c2ccc(Cl)cc2NC=O)C12CCCCC2. The Morgan fingerprint density at radius 3 is 2.58 bits per heavy atom. The maximum atomic E-state index is 15.5. The highest BCUT2D eigenvalue weighted by Gasteiger charge is 2.61. The first-order chi connectivity index (χ1) is 15.9. The fourth-order valence-electron chi connectivity index (χ4n) is 6.37. The number of halogens is 3. The Labute approximate surface area is 203 Å². The van der Waals surface area contributed by atoms with E-state index in [1.807, 2.05) is 13.0 Å². The van der Waals surface area contributed by atoms with Crippen LogP contribution in [-0.2, 0) is 9.59 Å². The Kier molecular flexibility index (Phi) is 6.99. The average Bonchev–Trinajstić information content (AvgIpc) is 3.06. The molecule has 2 aromatic carbocycles. The van der Waals surface area contributed by atoms with Crippen LogP contribution < -0.4 is 11.1 Å². The third kappa shape index (κ3) is 4.02. The van der Waals surface area contributed by atoms with Gasteiger partial charge in [0, 0.05) is 28.1 Å². The molecule has 176 valence electrons. The lowest BCUT2D eigenvalue weighted by atomic mass is 9.66. The van der Waals surface area contributed by atoms with Crippen LogP contribution in [0.3, 0.4) is 0 Å². The number of likely N-dealkylation sites (tertiary alicyclic amines) is 1. The van der Waals surface area contributed by atoms with E-state index in [-0.39, 0.29) is 10.9 Å². The second-order valence-corrected chi connectivity index (χ2v) is 9.78. The Balaban J connectivity index is 2.03. The minimum Gasteiger partial charge on any atom is -0.368 e. The number of anilines is 1. The quantitative estimate of drug-likeness (QED) is 0.526. The van der Waals surface area contributed by atoms with Crippen molar-refractivity contribution < 1.29 is 14.0 Å². The van der Waals surface area contributed by atoms with Crippen LogP contribution in [0.5, 0.6) is 0 Å². The number of amides is 2. The van der Waals surface area contributed by atoms with Gasteiger partial charge in [-0.2, -0.15) is 0 Å². The van der Waals surface area contributed by atoms with Gasteiger partial charge in [0.15, 0.2) is 0 Å². The van der Waals surface area contributed by atoms with Gasteiger partial charge in [0.05, 0.1) is 11.1 Å². The van der Waals surface area contributed by atoms with Gasteiger partial charge in [-0.15, -0.1) is 0 Å². The molecule has 1 spiro atoms. The summed E-state index contributed by atoms with van der Waals surface area (Å²) >= 11 is 12.4. The van der Waals surface area contributed by atoms with E-state index in [0.29, 0.717) is 29.2 Å². The highest BCUT2D eigenvalue weighted by Crippen LogP contribution is 2.60. The smallest absolute Gasteiger partial charge is 0.235 e. The summed E-state index contributed by atoms with van der Waals surface area (Å²) in [5.74, 6) is -1.91. The van der Waals surface area contributed by atoms with Gasteiger partial charge in [0.1, 0.15) is 5.82 Å². The number of carbonyl (C=O) groups is 2. The molecule has 0 radical (unpaired) electrons. The van der Waals surface area contributed by atoms with E-state index < -0.39 is 29.2 Å². The number of hydrogen-bond donors (Lipinski definition) is 2. The number of nitrogens with one attached hydrogen (secondary N) is 1. The van der Waals surface area contributed by atoms with Crippen LogP contribution in [0.25, 0.3) is 0 Å². The summed E-state index contributed by atoms with van der Waals surface area (Å²) in [5, 5.41) is 3.25. The summed E-state index contributed by atoms with van der Waals surface area (Å²) in [6, 6.07) is 9.51. The molecule has 2 aromatic rings. The predicted octanol–water partition coefficient (Wildman–Crippen LogP) is 5.46. The molecule has 1 aliphatic carbocycles. The van der Waals surface area contributed by atoms with Crippen LogP contribution in [0.4, 0.5) is 10.1 Å². The molecule has 2 unspecified atom stereocenters. The number of rotatable bonds is 6. The summed E-state index contributed by atoms with van der Waals surface area (Å²) in [7, 11) is 0. The first kappa shape index (κ1) is 24.0. The number of benzene rings is 2. The second kappa shape index (κ2) is 9.61. The molecule has 1 saturated carbocycles. The van der Waals surface area contributed by atoms with Crippen molar-refractivity contribution in [2.75, 3.05) is 11.9 Å². The minimum atomic E-state index is -0.717. The molecular formula is C25H28Cl2FN3O2. The topological polar surface area (TPSA) is 75.4 Å².